The van der Waals surface area contributed by atoms with Crippen LogP contribution >= 0.6 is 23.1 Å². The number of likely N-dealkylation sites (tertiary alicyclic amines) is 1. The summed E-state index contributed by atoms with van der Waals surface area (Å²) in [6.45, 7) is 2.84. The van der Waals surface area contributed by atoms with E-state index in [2.05, 4.69) is 17.5 Å². The zero-order valence-electron chi connectivity index (χ0n) is 14.8. The number of pyridine rings is 1. The molecule has 2 aromatic heterocycles. The summed E-state index contributed by atoms with van der Waals surface area (Å²) in [6.07, 6.45) is 5.20. The molecular weight excluding hydrogens is 362 g/mol. The molecule has 1 aliphatic heterocycles. The van der Waals surface area contributed by atoms with Gasteiger partial charge >= 0.3 is 0 Å². The molecular formula is C20H21N3OS2. The number of aryl methyl sites for hydroxylation is 1. The monoisotopic (exact) mass is 383 g/mol. The molecule has 1 aliphatic carbocycles. The molecule has 0 bridgehead atoms. The van der Waals surface area contributed by atoms with Gasteiger partial charge in [-0.2, -0.15) is 5.26 Å². The van der Waals surface area contributed by atoms with Crippen LogP contribution in [0.2, 0.25) is 0 Å². The molecule has 3 heterocycles. The molecule has 0 radical (unpaired) electrons. The lowest BCUT2D eigenvalue weighted by Crippen LogP contribution is -2.31. The van der Waals surface area contributed by atoms with Crippen LogP contribution in [0.4, 0.5) is 0 Å². The van der Waals surface area contributed by atoms with Crippen molar-refractivity contribution in [3.8, 4) is 6.07 Å². The minimum atomic E-state index is 0.148. The number of carbonyl (C=O) groups is 1. The smallest absolute Gasteiger partial charge is 0.233 e. The fourth-order valence-electron chi connectivity index (χ4n) is 4.04. The molecule has 134 valence electrons. The highest BCUT2D eigenvalue weighted by atomic mass is 32.2. The number of hydrogen-bond donors (Lipinski definition) is 0. The Balaban J connectivity index is 1.50. The van der Waals surface area contributed by atoms with E-state index in [1.54, 1.807) is 11.3 Å². The maximum absolute atomic E-state index is 12.8. The van der Waals surface area contributed by atoms with E-state index in [1.807, 2.05) is 17.9 Å². The van der Waals surface area contributed by atoms with Gasteiger partial charge in [0.15, 0.2) is 0 Å². The Bertz CT molecular complexity index is 870. The van der Waals surface area contributed by atoms with Gasteiger partial charge in [0.25, 0.3) is 0 Å². The van der Waals surface area contributed by atoms with E-state index in [1.165, 1.54) is 22.2 Å². The number of rotatable bonds is 4. The lowest BCUT2D eigenvalue weighted by atomic mass is 10.0. The first-order valence-electron chi connectivity index (χ1n) is 9.07. The van der Waals surface area contributed by atoms with Crippen molar-refractivity contribution < 1.29 is 4.79 Å². The number of thioether (sulfide) groups is 1. The Hall–Kier alpha value is -1.84. The normalized spacial score (nSPS) is 18.8. The molecule has 1 fully saturated rings. The number of carbonyl (C=O) groups excluding carboxylic acids is 1. The number of amides is 1. The van der Waals surface area contributed by atoms with Crippen molar-refractivity contribution in [3.05, 3.63) is 44.8 Å². The SMILES string of the molecule is Cc1c(C#N)c(SCC(=O)N2CCCC2c2cccs2)nc2c1CCC2. The number of nitriles is 1. The van der Waals surface area contributed by atoms with Gasteiger partial charge in [-0.1, -0.05) is 17.8 Å². The van der Waals surface area contributed by atoms with Crippen LogP contribution in [0, 0.1) is 18.3 Å². The molecule has 26 heavy (non-hydrogen) atoms. The molecule has 0 spiro atoms. The van der Waals surface area contributed by atoms with Crippen LogP contribution in [0.25, 0.3) is 0 Å². The third-order valence-corrected chi connectivity index (χ3v) is 7.29. The quantitative estimate of drug-likeness (QED) is 0.740. The van der Waals surface area contributed by atoms with Gasteiger partial charge in [0.05, 0.1) is 17.4 Å². The summed E-state index contributed by atoms with van der Waals surface area (Å²) in [6, 6.07) is 6.69. The number of fused-ring (bicyclic) bond motifs is 1. The fourth-order valence-corrected chi connectivity index (χ4v) is 5.85. The second-order valence-electron chi connectivity index (χ2n) is 6.86. The standard InChI is InChI=1S/C20H21N3OS2/c1-13-14-5-2-6-16(14)22-20(15(13)11-21)26-12-19(24)23-9-3-7-17(23)18-8-4-10-25-18/h4,8,10,17H,2-3,5-7,9,12H2,1H3. The number of thiophene rings is 1. The lowest BCUT2D eigenvalue weighted by molar-refractivity contribution is -0.129. The summed E-state index contributed by atoms with van der Waals surface area (Å²) in [5.74, 6) is 0.497. The topological polar surface area (TPSA) is 57.0 Å². The molecule has 0 N–H and O–H groups in total. The third-order valence-electron chi connectivity index (χ3n) is 5.36. The van der Waals surface area contributed by atoms with Gasteiger partial charge in [0.1, 0.15) is 11.1 Å². The second kappa shape index (κ2) is 7.42. The van der Waals surface area contributed by atoms with Crippen molar-refractivity contribution in [2.24, 2.45) is 0 Å². The Morgan fingerprint density at radius 1 is 1.46 bits per heavy atom. The van der Waals surface area contributed by atoms with E-state index in [0.29, 0.717) is 11.3 Å². The Kier molecular flexibility index (Phi) is 5.01. The first-order valence-corrected chi connectivity index (χ1v) is 10.9. The molecule has 6 heteroatoms. The average Bonchev–Trinajstić information content (AvgIpc) is 3.39. The summed E-state index contributed by atoms with van der Waals surface area (Å²) in [5.41, 5.74) is 4.07. The van der Waals surface area contributed by atoms with Crippen molar-refractivity contribution in [1.29, 1.82) is 5.26 Å². The summed E-state index contributed by atoms with van der Waals surface area (Å²) < 4.78 is 0. The highest BCUT2D eigenvalue weighted by Gasteiger charge is 2.31. The van der Waals surface area contributed by atoms with Crippen LogP contribution in [-0.2, 0) is 17.6 Å². The van der Waals surface area contributed by atoms with Gasteiger partial charge in [0.2, 0.25) is 5.91 Å². The maximum atomic E-state index is 12.8. The first-order chi connectivity index (χ1) is 12.7. The van der Waals surface area contributed by atoms with Crippen LogP contribution in [0.15, 0.2) is 22.5 Å². The van der Waals surface area contributed by atoms with Crippen LogP contribution < -0.4 is 0 Å². The van der Waals surface area contributed by atoms with Crippen molar-refractivity contribution in [2.75, 3.05) is 12.3 Å². The molecule has 4 rings (SSSR count). The molecule has 2 aliphatic rings. The Labute approximate surface area is 162 Å². The van der Waals surface area contributed by atoms with E-state index in [-0.39, 0.29) is 11.9 Å². The second-order valence-corrected chi connectivity index (χ2v) is 8.80. The average molecular weight is 384 g/mol. The van der Waals surface area contributed by atoms with Crippen LogP contribution in [0.5, 0.6) is 0 Å². The summed E-state index contributed by atoms with van der Waals surface area (Å²) in [4.78, 5) is 20.8. The fraction of sp³-hybridized carbons (Fsp3) is 0.450. The lowest BCUT2D eigenvalue weighted by Gasteiger charge is -2.24. The summed E-state index contributed by atoms with van der Waals surface area (Å²) >= 11 is 3.15. The van der Waals surface area contributed by atoms with E-state index in [4.69, 9.17) is 4.98 Å². The van der Waals surface area contributed by atoms with Crippen LogP contribution in [0.1, 0.15) is 52.6 Å². The van der Waals surface area contributed by atoms with Gasteiger partial charge in [-0.25, -0.2) is 4.98 Å². The zero-order chi connectivity index (χ0) is 18.1. The van der Waals surface area contributed by atoms with Gasteiger partial charge in [-0.05, 0) is 61.6 Å². The molecule has 1 saturated heterocycles. The van der Waals surface area contributed by atoms with Gasteiger partial charge in [0, 0.05) is 17.1 Å². The maximum Gasteiger partial charge on any atom is 0.233 e. The van der Waals surface area contributed by atoms with Crippen molar-refractivity contribution in [1.82, 2.24) is 9.88 Å². The van der Waals surface area contributed by atoms with Crippen LogP contribution in [0.3, 0.4) is 0 Å². The summed E-state index contributed by atoms with van der Waals surface area (Å²) in [5, 5.41) is 12.4. The highest BCUT2D eigenvalue weighted by molar-refractivity contribution is 8.00. The predicted octanol–water partition coefficient (Wildman–Crippen LogP) is 4.27. The molecule has 1 unspecified atom stereocenters. The molecule has 1 amide bonds. The number of nitrogens with zero attached hydrogens (tertiary/aromatic N) is 3. The van der Waals surface area contributed by atoms with E-state index in [0.717, 1.165) is 54.9 Å². The zero-order valence-corrected chi connectivity index (χ0v) is 16.5. The van der Waals surface area contributed by atoms with Crippen molar-refractivity contribution >= 4 is 29.0 Å². The van der Waals surface area contributed by atoms with E-state index in [9.17, 15) is 10.1 Å². The molecule has 2 aromatic rings. The minimum absolute atomic E-state index is 0.148. The number of hydrogen-bond acceptors (Lipinski definition) is 5. The minimum Gasteiger partial charge on any atom is -0.334 e. The highest BCUT2D eigenvalue weighted by Crippen LogP contribution is 2.36. The Morgan fingerprint density at radius 2 is 2.35 bits per heavy atom. The van der Waals surface area contributed by atoms with Crippen LogP contribution in [-0.4, -0.2) is 28.1 Å². The third kappa shape index (κ3) is 3.15. The largest absolute Gasteiger partial charge is 0.334 e. The number of aromatic nitrogens is 1. The van der Waals surface area contributed by atoms with Crippen molar-refractivity contribution in [2.45, 2.75) is 50.1 Å². The molecule has 1 atom stereocenters. The predicted molar refractivity (Wildman–Crippen MR) is 104 cm³/mol. The first kappa shape index (κ1) is 17.6. The van der Waals surface area contributed by atoms with Gasteiger partial charge in [-0.15, -0.1) is 11.3 Å². The van der Waals surface area contributed by atoms with E-state index >= 15 is 0 Å². The van der Waals surface area contributed by atoms with E-state index < -0.39 is 0 Å². The van der Waals surface area contributed by atoms with Gasteiger partial charge < -0.3 is 4.90 Å². The molecule has 0 saturated carbocycles. The summed E-state index contributed by atoms with van der Waals surface area (Å²) in [7, 11) is 0. The Morgan fingerprint density at radius 3 is 3.12 bits per heavy atom. The van der Waals surface area contributed by atoms with Gasteiger partial charge in [-0.3, -0.25) is 4.79 Å². The van der Waals surface area contributed by atoms with Crippen molar-refractivity contribution in [3.63, 3.8) is 0 Å². The molecule has 4 nitrogen and oxygen atoms in total. The molecule has 0 aromatic carbocycles.